The van der Waals surface area contributed by atoms with Crippen LogP contribution in [0.25, 0.3) is 11.0 Å². The zero-order valence-electron chi connectivity index (χ0n) is 17.4. The first kappa shape index (κ1) is 21.2. The van der Waals surface area contributed by atoms with E-state index in [0.29, 0.717) is 42.0 Å². The predicted octanol–water partition coefficient (Wildman–Crippen LogP) is 3.38. The second kappa shape index (κ2) is 8.60. The monoisotopic (exact) mass is 441 g/mol. The number of carbonyl (C=O) groups excluding carboxylic acids is 2. The third-order valence-corrected chi connectivity index (χ3v) is 5.80. The zero-order chi connectivity index (χ0) is 22.1. The van der Waals surface area contributed by atoms with Gasteiger partial charge in [0.1, 0.15) is 5.82 Å². The number of amides is 2. The van der Waals surface area contributed by atoms with Gasteiger partial charge in [-0.1, -0.05) is 18.2 Å². The average Bonchev–Trinajstić information content (AvgIpc) is 3.10. The molecule has 0 radical (unpaired) electrons. The van der Waals surface area contributed by atoms with Crippen molar-refractivity contribution in [1.29, 1.82) is 0 Å². The average molecular weight is 442 g/mol. The minimum Gasteiger partial charge on any atom is -0.336 e. The number of para-hydroxylation sites is 1. The van der Waals surface area contributed by atoms with Crippen LogP contribution >= 0.6 is 12.2 Å². The molecule has 162 valence electrons. The number of piperazine rings is 1. The highest BCUT2D eigenvalue weighted by Gasteiger charge is 2.25. The molecule has 0 saturated carbocycles. The van der Waals surface area contributed by atoms with Crippen molar-refractivity contribution in [3.63, 3.8) is 0 Å². The minimum absolute atomic E-state index is 0.0797. The van der Waals surface area contributed by atoms with Gasteiger partial charge in [-0.25, -0.2) is 4.39 Å². The number of aromatic nitrogens is 2. The third-order valence-electron chi connectivity index (χ3n) is 5.59. The number of aryl methyl sites for hydroxylation is 2. The number of anilines is 1. The highest BCUT2D eigenvalue weighted by Crippen LogP contribution is 2.21. The lowest BCUT2D eigenvalue weighted by atomic mass is 10.1. The molecule has 0 spiro atoms. The first-order chi connectivity index (χ1) is 14.8. The molecule has 1 saturated heterocycles. The number of rotatable bonds is 4. The van der Waals surface area contributed by atoms with Crippen molar-refractivity contribution < 1.29 is 14.0 Å². The molecular weight excluding hydrogens is 417 g/mol. The molecule has 7 nitrogen and oxygen atoms in total. The summed E-state index contributed by atoms with van der Waals surface area (Å²) in [6, 6.07) is 8.43. The van der Waals surface area contributed by atoms with Gasteiger partial charge in [-0.15, -0.1) is 0 Å². The molecule has 1 aromatic heterocycles. The molecule has 1 fully saturated rings. The molecule has 4 rings (SSSR count). The summed E-state index contributed by atoms with van der Waals surface area (Å²) in [6.45, 7) is 6.23. The van der Waals surface area contributed by atoms with Gasteiger partial charge in [0, 0.05) is 31.9 Å². The lowest BCUT2D eigenvalue weighted by Gasteiger charge is -2.34. The van der Waals surface area contributed by atoms with Crippen molar-refractivity contribution in [3.05, 3.63) is 57.6 Å². The van der Waals surface area contributed by atoms with E-state index in [0.717, 1.165) is 16.8 Å². The van der Waals surface area contributed by atoms with E-state index in [1.165, 1.54) is 12.1 Å². The van der Waals surface area contributed by atoms with Gasteiger partial charge in [0.15, 0.2) is 4.77 Å². The Kier molecular flexibility index (Phi) is 5.88. The van der Waals surface area contributed by atoms with E-state index < -0.39 is 5.82 Å². The van der Waals surface area contributed by atoms with E-state index in [4.69, 9.17) is 12.2 Å². The van der Waals surface area contributed by atoms with Gasteiger partial charge in [-0.05, 0) is 49.3 Å². The molecule has 3 aromatic rings. The first-order valence-corrected chi connectivity index (χ1v) is 10.5. The lowest BCUT2D eigenvalue weighted by molar-refractivity contribution is -0.117. The molecule has 31 heavy (non-hydrogen) atoms. The van der Waals surface area contributed by atoms with Crippen LogP contribution in [0.1, 0.15) is 21.5 Å². The van der Waals surface area contributed by atoms with Crippen molar-refractivity contribution in [2.75, 3.05) is 38.0 Å². The fourth-order valence-electron chi connectivity index (χ4n) is 3.95. The summed E-state index contributed by atoms with van der Waals surface area (Å²) in [6.07, 6.45) is 0. The fourth-order valence-corrected chi connectivity index (χ4v) is 4.16. The zero-order valence-corrected chi connectivity index (χ0v) is 18.2. The summed E-state index contributed by atoms with van der Waals surface area (Å²) >= 11 is 5.07. The van der Waals surface area contributed by atoms with Crippen LogP contribution in [0.15, 0.2) is 30.3 Å². The number of nitrogens with zero attached hydrogens (tertiary/aromatic N) is 2. The number of carbonyl (C=O) groups is 2. The Morgan fingerprint density at radius 3 is 2.45 bits per heavy atom. The molecule has 0 bridgehead atoms. The number of imidazole rings is 1. The van der Waals surface area contributed by atoms with E-state index in [9.17, 15) is 14.0 Å². The Hall–Kier alpha value is -3.04. The van der Waals surface area contributed by atoms with Gasteiger partial charge < -0.3 is 20.2 Å². The van der Waals surface area contributed by atoms with Crippen LogP contribution in [-0.2, 0) is 4.79 Å². The van der Waals surface area contributed by atoms with E-state index in [1.54, 1.807) is 4.90 Å². The highest BCUT2D eigenvalue weighted by atomic mass is 32.1. The van der Waals surface area contributed by atoms with Gasteiger partial charge in [0.25, 0.3) is 5.91 Å². The smallest absolute Gasteiger partial charge is 0.256 e. The van der Waals surface area contributed by atoms with Gasteiger partial charge in [0.05, 0.1) is 23.1 Å². The standard InChI is InChI=1S/C22H24FN5O2S/c1-13-4-3-5-14(2)19(13)25-18(29)12-27-6-8-28(9-7-27)21(30)16-10-15(23)11-17-20(16)26-22(31)24-17/h3-5,10-11H,6-9,12H2,1-2H3,(H,25,29)(H2,24,26,31). The van der Waals surface area contributed by atoms with Crippen molar-refractivity contribution >= 4 is 40.8 Å². The summed E-state index contributed by atoms with van der Waals surface area (Å²) in [5.41, 5.74) is 4.12. The van der Waals surface area contributed by atoms with Crippen molar-refractivity contribution in [1.82, 2.24) is 19.8 Å². The molecule has 0 atom stereocenters. The van der Waals surface area contributed by atoms with Crippen LogP contribution in [-0.4, -0.2) is 64.3 Å². The van der Waals surface area contributed by atoms with Crippen molar-refractivity contribution in [2.24, 2.45) is 0 Å². The SMILES string of the molecule is Cc1cccc(C)c1NC(=O)CN1CCN(C(=O)c2cc(F)cc3[nH]c(=S)[nH]c23)CC1. The van der Waals surface area contributed by atoms with Crippen molar-refractivity contribution in [3.8, 4) is 0 Å². The maximum atomic E-state index is 14.0. The number of hydrogen-bond donors (Lipinski definition) is 3. The minimum atomic E-state index is -0.497. The number of halogens is 1. The molecule has 2 amide bonds. The van der Waals surface area contributed by atoms with E-state index >= 15 is 0 Å². The van der Waals surface area contributed by atoms with Crippen molar-refractivity contribution in [2.45, 2.75) is 13.8 Å². The molecule has 1 aliphatic rings. The molecule has 0 aliphatic carbocycles. The van der Waals surface area contributed by atoms with Gasteiger partial charge in [-0.3, -0.25) is 14.5 Å². The van der Waals surface area contributed by atoms with Gasteiger partial charge >= 0.3 is 0 Å². The van der Waals surface area contributed by atoms with E-state index in [-0.39, 0.29) is 23.9 Å². The number of benzene rings is 2. The van der Waals surface area contributed by atoms with Crippen LogP contribution in [0.4, 0.5) is 10.1 Å². The van der Waals surface area contributed by atoms with Gasteiger partial charge in [0.2, 0.25) is 5.91 Å². The lowest BCUT2D eigenvalue weighted by Crippen LogP contribution is -2.50. The number of H-pyrrole nitrogens is 2. The Bertz CT molecular complexity index is 1190. The summed E-state index contributed by atoms with van der Waals surface area (Å²) in [4.78, 5) is 35.0. The Balaban J connectivity index is 1.38. The molecule has 9 heteroatoms. The van der Waals surface area contributed by atoms with E-state index in [1.807, 2.05) is 36.9 Å². The third kappa shape index (κ3) is 4.52. The number of nitrogens with one attached hydrogen (secondary N) is 3. The maximum Gasteiger partial charge on any atom is 0.256 e. The molecule has 2 heterocycles. The van der Waals surface area contributed by atoms with Crippen LogP contribution < -0.4 is 5.32 Å². The molecule has 0 unspecified atom stereocenters. The summed E-state index contributed by atoms with van der Waals surface area (Å²) in [5.74, 6) is -0.832. The predicted molar refractivity (Wildman–Crippen MR) is 120 cm³/mol. The van der Waals surface area contributed by atoms with Gasteiger partial charge in [-0.2, -0.15) is 0 Å². The topological polar surface area (TPSA) is 84.2 Å². The summed E-state index contributed by atoms with van der Waals surface area (Å²) < 4.78 is 14.3. The molecule has 1 aliphatic heterocycles. The number of fused-ring (bicyclic) bond motifs is 1. The normalized spacial score (nSPS) is 14.7. The van der Waals surface area contributed by atoms with E-state index in [2.05, 4.69) is 15.3 Å². The largest absolute Gasteiger partial charge is 0.336 e. The molecular formula is C22H24FN5O2S. The number of aromatic amines is 2. The quantitative estimate of drug-likeness (QED) is 0.542. The summed E-state index contributed by atoms with van der Waals surface area (Å²) in [7, 11) is 0. The van der Waals surface area contributed by atoms with Crippen LogP contribution in [0.2, 0.25) is 0 Å². The molecule has 2 aromatic carbocycles. The molecule has 3 N–H and O–H groups in total. The Morgan fingerprint density at radius 1 is 1.10 bits per heavy atom. The second-order valence-corrected chi connectivity index (χ2v) is 8.25. The van der Waals surface area contributed by atoms with Crippen LogP contribution in [0.3, 0.4) is 0 Å². The second-order valence-electron chi connectivity index (χ2n) is 7.84. The Morgan fingerprint density at radius 2 is 1.77 bits per heavy atom. The number of hydrogen-bond acceptors (Lipinski definition) is 4. The Labute approximate surface area is 184 Å². The highest BCUT2D eigenvalue weighted by molar-refractivity contribution is 7.71. The van der Waals surface area contributed by atoms with Crippen LogP contribution in [0.5, 0.6) is 0 Å². The fraction of sp³-hybridized carbons (Fsp3) is 0.318. The summed E-state index contributed by atoms with van der Waals surface area (Å²) in [5, 5.41) is 2.99. The van der Waals surface area contributed by atoms with Crippen LogP contribution in [0, 0.1) is 24.4 Å². The first-order valence-electron chi connectivity index (χ1n) is 10.1. The maximum absolute atomic E-state index is 14.0.